The highest BCUT2D eigenvalue weighted by molar-refractivity contribution is 5.26. The van der Waals surface area contributed by atoms with E-state index >= 15 is 0 Å². The third-order valence-corrected chi connectivity index (χ3v) is 3.59. The van der Waals surface area contributed by atoms with Crippen molar-refractivity contribution in [3.8, 4) is 0 Å². The largest absolute Gasteiger partial charge is 0.497 e. The van der Waals surface area contributed by atoms with Crippen LogP contribution in [-0.2, 0) is 4.74 Å². The molecule has 0 bridgehead atoms. The van der Waals surface area contributed by atoms with Gasteiger partial charge in [-0.3, -0.25) is 5.32 Å². The minimum absolute atomic E-state index is 0.0623. The molecule has 6 heteroatoms. The van der Waals surface area contributed by atoms with Crippen molar-refractivity contribution in [2.45, 2.75) is 31.9 Å². The van der Waals surface area contributed by atoms with E-state index in [1.54, 1.807) is 31.4 Å². The number of benzene rings is 1. The number of aromatic nitrogens is 2. The van der Waals surface area contributed by atoms with Crippen LogP contribution >= 0.6 is 0 Å². The molecule has 116 valence electrons. The molecular weight excluding hydrogens is 285 g/mol. The Morgan fingerprint density at radius 2 is 2.27 bits per heavy atom. The van der Waals surface area contributed by atoms with Crippen LogP contribution in [0.1, 0.15) is 36.2 Å². The van der Waals surface area contributed by atoms with Crippen LogP contribution < -0.4 is 5.32 Å². The summed E-state index contributed by atoms with van der Waals surface area (Å²) in [5, 5.41) is 7.22. The van der Waals surface area contributed by atoms with Crippen LogP contribution in [0.2, 0.25) is 0 Å². The molecule has 0 radical (unpaired) electrons. The third-order valence-electron chi connectivity index (χ3n) is 3.59. The van der Waals surface area contributed by atoms with Gasteiger partial charge in [-0.1, -0.05) is 23.4 Å². The molecule has 22 heavy (non-hydrogen) atoms. The van der Waals surface area contributed by atoms with Crippen molar-refractivity contribution in [1.29, 1.82) is 0 Å². The second kappa shape index (κ2) is 6.70. The number of hydrogen-bond donors (Lipinski definition) is 1. The van der Waals surface area contributed by atoms with Gasteiger partial charge >= 0.3 is 0 Å². The van der Waals surface area contributed by atoms with Gasteiger partial charge in [-0.2, -0.15) is 4.98 Å². The molecule has 1 aromatic carbocycles. The Bertz CT molecular complexity index is 656. The van der Waals surface area contributed by atoms with E-state index < -0.39 is 6.04 Å². The van der Waals surface area contributed by atoms with Crippen molar-refractivity contribution in [2.75, 3.05) is 6.54 Å². The zero-order valence-electron chi connectivity index (χ0n) is 12.3. The summed E-state index contributed by atoms with van der Waals surface area (Å²) in [6.45, 7) is 2.29. The molecule has 1 N–H and O–H groups in total. The molecule has 1 aliphatic rings. The van der Waals surface area contributed by atoms with E-state index in [4.69, 9.17) is 9.26 Å². The first kappa shape index (κ1) is 14.7. The molecule has 0 aliphatic carbocycles. The van der Waals surface area contributed by atoms with E-state index in [2.05, 4.69) is 15.5 Å². The average molecular weight is 303 g/mol. The molecular formula is C16H18FN3O2. The van der Waals surface area contributed by atoms with E-state index in [1.165, 1.54) is 6.07 Å². The summed E-state index contributed by atoms with van der Waals surface area (Å²) in [7, 11) is 0. The molecule has 2 atom stereocenters. The maximum absolute atomic E-state index is 14.1. The molecule has 0 saturated carbocycles. The predicted molar refractivity (Wildman–Crippen MR) is 78.5 cm³/mol. The average Bonchev–Trinajstić information content (AvgIpc) is 2.96. The molecule has 0 saturated heterocycles. The summed E-state index contributed by atoms with van der Waals surface area (Å²) in [6.07, 6.45) is 5.68. The number of allylic oxidation sites excluding steroid dienone is 1. The molecule has 5 nitrogen and oxygen atoms in total. The van der Waals surface area contributed by atoms with Crippen molar-refractivity contribution >= 4 is 0 Å². The SMILES string of the molecule is Cc1nc([C@@H](NC[C@H]2CCC=CO2)c2ccccc2F)no1. The van der Waals surface area contributed by atoms with Crippen molar-refractivity contribution < 1.29 is 13.7 Å². The molecule has 0 amide bonds. The van der Waals surface area contributed by atoms with Gasteiger partial charge in [0.15, 0.2) is 5.82 Å². The lowest BCUT2D eigenvalue weighted by Gasteiger charge is -2.23. The minimum Gasteiger partial charge on any atom is -0.497 e. The van der Waals surface area contributed by atoms with Crippen LogP contribution in [0.4, 0.5) is 4.39 Å². The summed E-state index contributed by atoms with van der Waals surface area (Å²) < 4.78 is 24.7. The second-order valence-corrected chi connectivity index (χ2v) is 5.24. The molecule has 0 spiro atoms. The van der Waals surface area contributed by atoms with Crippen LogP contribution in [-0.4, -0.2) is 22.8 Å². The topological polar surface area (TPSA) is 60.2 Å². The van der Waals surface area contributed by atoms with Crippen LogP contribution in [0.5, 0.6) is 0 Å². The Morgan fingerprint density at radius 3 is 2.95 bits per heavy atom. The van der Waals surface area contributed by atoms with Crippen molar-refractivity contribution in [3.63, 3.8) is 0 Å². The summed E-state index contributed by atoms with van der Waals surface area (Å²) in [6, 6.07) is 6.14. The number of halogens is 1. The lowest BCUT2D eigenvalue weighted by molar-refractivity contribution is 0.120. The number of nitrogens with one attached hydrogen (secondary N) is 1. The van der Waals surface area contributed by atoms with Crippen LogP contribution in [0.25, 0.3) is 0 Å². The second-order valence-electron chi connectivity index (χ2n) is 5.24. The van der Waals surface area contributed by atoms with E-state index in [9.17, 15) is 4.39 Å². The Morgan fingerprint density at radius 1 is 1.41 bits per heavy atom. The fourth-order valence-corrected chi connectivity index (χ4v) is 2.47. The summed E-state index contributed by atoms with van der Waals surface area (Å²) in [5.41, 5.74) is 0.495. The van der Waals surface area contributed by atoms with Gasteiger partial charge in [0.25, 0.3) is 0 Å². The van der Waals surface area contributed by atoms with E-state index in [1.807, 2.05) is 6.08 Å². The Balaban J connectivity index is 1.80. The molecule has 3 rings (SSSR count). The summed E-state index contributed by atoms with van der Waals surface area (Å²) >= 11 is 0. The standard InChI is InChI=1S/C16H18FN3O2/c1-11-19-16(20-22-11)15(13-7-2-3-8-14(13)17)18-10-12-6-4-5-9-21-12/h2-3,5,7-9,12,15,18H,4,6,10H2,1H3/t12-,15+/m1/s1. The molecule has 2 aromatic rings. The minimum atomic E-state index is -0.465. The van der Waals surface area contributed by atoms with Gasteiger partial charge in [0, 0.05) is 19.0 Å². The first-order chi connectivity index (χ1) is 10.7. The Kier molecular flexibility index (Phi) is 4.48. The maximum Gasteiger partial charge on any atom is 0.223 e. The lowest BCUT2D eigenvalue weighted by atomic mass is 10.0. The first-order valence-corrected chi connectivity index (χ1v) is 7.32. The smallest absolute Gasteiger partial charge is 0.223 e. The summed E-state index contributed by atoms with van der Waals surface area (Å²) in [4.78, 5) is 4.23. The number of hydrogen-bond acceptors (Lipinski definition) is 5. The fraction of sp³-hybridized carbons (Fsp3) is 0.375. The number of nitrogens with zero attached hydrogens (tertiary/aromatic N) is 2. The van der Waals surface area contributed by atoms with Gasteiger partial charge < -0.3 is 9.26 Å². The highest BCUT2D eigenvalue weighted by Crippen LogP contribution is 2.23. The van der Waals surface area contributed by atoms with Crippen LogP contribution in [0, 0.1) is 12.7 Å². The number of rotatable bonds is 5. The predicted octanol–water partition coefficient (Wildman–Crippen LogP) is 2.89. The van der Waals surface area contributed by atoms with Gasteiger partial charge in [-0.15, -0.1) is 0 Å². The monoisotopic (exact) mass is 303 g/mol. The highest BCUT2D eigenvalue weighted by atomic mass is 19.1. The molecule has 0 fully saturated rings. The molecule has 2 heterocycles. The third kappa shape index (κ3) is 3.33. The van der Waals surface area contributed by atoms with Gasteiger partial charge in [-0.25, -0.2) is 4.39 Å². The number of aryl methyl sites for hydroxylation is 1. The Hall–Kier alpha value is -2.21. The maximum atomic E-state index is 14.1. The van der Waals surface area contributed by atoms with E-state index in [-0.39, 0.29) is 11.9 Å². The van der Waals surface area contributed by atoms with Crippen molar-refractivity contribution in [1.82, 2.24) is 15.5 Å². The molecule has 0 unspecified atom stereocenters. The normalized spacial score (nSPS) is 18.9. The van der Waals surface area contributed by atoms with E-state index in [0.29, 0.717) is 23.8 Å². The Labute approximate surface area is 128 Å². The van der Waals surface area contributed by atoms with E-state index in [0.717, 1.165) is 12.8 Å². The fourth-order valence-electron chi connectivity index (χ4n) is 2.47. The van der Waals surface area contributed by atoms with Gasteiger partial charge in [0.1, 0.15) is 11.9 Å². The van der Waals surface area contributed by atoms with Gasteiger partial charge in [0.05, 0.1) is 12.3 Å². The zero-order valence-corrected chi connectivity index (χ0v) is 12.3. The lowest BCUT2D eigenvalue weighted by Crippen LogP contribution is -2.33. The first-order valence-electron chi connectivity index (χ1n) is 7.32. The van der Waals surface area contributed by atoms with Crippen molar-refractivity contribution in [3.05, 3.63) is 59.7 Å². The van der Waals surface area contributed by atoms with Crippen LogP contribution in [0.15, 0.2) is 41.1 Å². The van der Waals surface area contributed by atoms with Gasteiger partial charge in [-0.05, 0) is 25.0 Å². The zero-order chi connectivity index (χ0) is 15.4. The highest BCUT2D eigenvalue weighted by Gasteiger charge is 2.24. The van der Waals surface area contributed by atoms with Gasteiger partial charge in [0.2, 0.25) is 5.89 Å². The molecule has 1 aliphatic heterocycles. The summed E-state index contributed by atoms with van der Waals surface area (Å²) in [5.74, 6) is 0.579. The van der Waals surface area contributed by atoms with Crippen molar-refractivity contribution in [2.24, 2.45) is 0 Å². The number of ether oxygens (including phenoxy) is 1. The molecule has 1 aromatic heterocycles. The van der Waals surface area contributed by atoms with Crippen LogP contribution in [0.3, 0.4) is 0 Å². The quantitative estimate of drug-likeness (QED) is 0.920.